The van der Waals surface area contributed by atoms with Crippen LogP contribution in [0.15, 0.2) is 0 Å². The Bertz CT molecular complexity index is 1160. The molecule has 0 heterocycles. The van der Waals surface area contributed by atoms with E-state index < -0.39 is 105 Å². The summed E-state index contributed by atoms with van der Waals surface area (Å²) in [5.41, 5.74) is -9.27. The van der Waals surface area contributed by atoms with Gasteiger partial charge in [-0.3, -0.25) is 0 Å². The van der Waals surface area contributed by atoms with E-state index in [9.17, 15) is 128 Å². The summed E-state index contributed by atoms with van der Waals surface area (Å²) < 4.78 is 376. The van der Waals surface area contributed by atoms with Gasteiger partial charge in [0.2, 0.25) is 0 Å². The SMILES string of the molecule is O=[P+]([O-])OCC(O)CC(F)(F)C(F)(F)C(F)(F)C(F)(F)C(F)(F)C(F)(F)C(F)(F)C(F)(F)C(F)(F)C(F)(F)C(F)(C(F)(F)F)C(F)(F)F. The number of alkyl halides is 27. The first-order valence-electron chi connectivity index (χ1n) is 10.4. The normalized spacial score (nSPS) is 17.5. The maximum Gasteiger partial charge on any atom is 0.488 e. The third kappa shape index (κ3) is 6.07. The maximum absolute atomic E-state index is 13.8. The van der Waals surface area contributed by atoms with Crippen LogP contribution in [0.1, 0.15) is 6.42 Å². The molecule has 288 valence electrons. The van der Waals surface area contributed by atoms with E-state index in [0.717, 1.165) is 0 Å². The van der Waals surface area contributed by atoms with Crippen molar-refractivity contribution in [3.63, 3.8) is 0 Å². The van der Waals surface area contributed by atoms with Gasteiger partial charge < -0.3 is 10.00 Å². The zero-order chi connectivity index (χ0) is 39.8. The Hall–Kier alpha value is -1.91. The van der Waals surface area contributed by atoms with E-state index in [1.165, 1.54) is 0 Å². The van der Waals surface area contributed by atoms with Gasteiger partial charge in [-0.05, 0) is 4.57 Å². The van der Waals surface area contributed by atoms with Crippen LogP contribution in [0, 0.1) is 0 Å². The summed E-state index contributed by atoms with van der Waals surface area (Å²) >= 11 is 0. The fourth-order valence-electron chi connectivity index (χ4n) is 2.97. The highest BCUT2D eigenvalue weighted by Gasteiger charge is 3.01. The highest BCUT2D eigenvalue weighted by Crippen LogP contribution is 2.69. The lowest BCUT2D eigenvalue weighted by atomic mass is 9.81. The van der Waals surface area contributed by atoms with E-state index in [1.807, 2.05) is 0 Å². The lowest BCUT2D eigenvalue weighted by Gasteiger charge is -2.46. The lowest BCUT2D eigenvalue weighted by molar-refractivity contribution is -0.487. The molecule has 0 amide bonds. The molecule has 0 aromatic rings. The minimum Gasteiger partial charge on any atom is -0.566 e. The molecule has 2 atom stereocenters. The minimum atomic E-state index is -9.91. The molecule has 32 heteroatoms. The molecule has 0 fully saturated rings. The molecule has 0 saturated carbocycles. The van der Waals surface area contributed by atoms with Gasteiger partial charge in [-0.15, -0.1) is 4.52 Å². The molecular weight excluding hydrogens is 800 g/mol. The third-order valence-electron chi connectivity index (χ3n) is 5.69. The quantitative estimate of drug-likeness (QED) is 0.135. The number of aliphatic hydroxyl groups excluding tert-OH is 1. The number of hydrogen-bond acceptors (Lipinski definition) is 4. The van der Waals surface area contributed by atoms with Gasteiger partial charge in [-0.2, -0.15) is 114 Å². The Morgan fingerprint density at radius 2 is 0.688 bits per heavy atom. The number of hydrogen-bond donors (Lipinski definition) is 1. The maximum atomic E-state index is 13.8. The van der Waals surface area contributed by atoms with Crippen molar-refractivity contribution in [3.05, 3.63) is 0 Å². The summed E-state index contributed by atoms with van der Waals surface area (Å²) in [6.45, 7) is -2.20. The van der Waals surface area contributed by atoms with Crippen molar-refractivity contribution in [2.75, 3.05) is 6.61 Å². The van der Waals surface area contributed by atoms with E-state index in [4.69, 9.17) is 5.11 Å². The van der Waals surface area contributed by atoms with Crippen molar-refractivity contribution in [1.29, 1.82) is 0 Å². The van der Waals surface area contributed by atoms with Crippen LogP contribution in [0.25, 0.3) is 0 Å². The standard InChI is InChI=1S/C16H6F27O4P/c17-4(18,1-3(44)2-47-48(45)46)6(20,21)8(24,25)10(28,29)12(32,33)14(36,37)13(34,35)11(30,31)9(26,27)7(22,23)5(19,15(38,39)40)16(41,42)43/h3,44H,1-2H2. The van der Waals surface area contributed by atoms with Crippen molar-refractivity contribution >= 4 is 8.25 Å². The topological polar surface area (TPSA) is 69.6 Å². The van der Waals surface area contributed by atoms with Gasteiger partial charge >= 0.3 is 85.5 Å². The molecular formula is C16H6F27O4P. The molecule has 0 saturated heterocycles. The predicted molar refractivity (Wildman–Crippen MR) is 89.6 cm³/mol. The number of aliphatic hydroxyl groups is 1. The smallest absolute Gasteiger partial charge is 0.488 e. The molecule has 0 bridgehead atoms. The van der Waals surface area contributed by atoms with E-state index >= 15 is 0 Å². The second kappa shape index (κ2) is 12.1. The Kier molecular flexibility index (Phi) is 11.6. The summed E-state index contributed by atoms with van der Waals surface area (Å²) in [5, 5.41) is 8.86. The van der Waals surface area contributed by atoms with E-state index in [2.05, 4.69) is 4.52 Å². The summed E-state index contributed by atoms with van der Waals surface area (Å²) in [7, 11) is -4.24. The fraction of sp³-hybridized carbons (Fsp3) is 1.00. The Labute approximate surface area is 243 Å². The van der Waals surface area contributed by atoms with Gasteiger partial charge in [0.25, 0.3) is 0 Å². The molecule has 4 nitrogen and oxygen atoms in total. The summed E-state index contributed by atoms with van der Waals surface area (Å²) in [5.74, 6) is -93.2. The molecule has 1 N–H and O–H groups in total. The molecule has 0 aliphatic heterocycles. The van der Waals surface area contributed by atoms with Gasteiger partial charge in [0, 0.05) is 6.42 Å². The molecule has 0 aromatic carbocycles. The van der Waals surface area contributed by atoms with Crippen molar-refractivity contribution in [2.24, 2.45) is 0 Å². The van der Waals surface area contributed by atoms with E-state index in [-0.39, 0.29) is 0 Å². The van der Waals surface area contributed by atoms with Crippen LogP contribution in [-0.2, 0) is 9.09 Å². The van der Waals surface area contributed by atoms with Gasteiger partial charge in [0.1, 0.15) is 6.61 Å². The molecule has 0 radical (unpaired) electrons. The van der Waals surface area contributed by atoms with Gasteiger partial charge in [0.15, 0.2) is 0 Å². The molecule has 0 spiro atoms. The fourth-order valence-corrected chi connectivity index (χ4v) is 3.27. The average Bonchev–Trinajstić information content (AvgIpc) is 2.83. The second-order valence-corrected chi connectivity index (χ2v) is 9.61. The molecule has 48 heavy (non-hydrogen) atoms. The first-order valence-corrected chi connectivity index (χ1v) is 11.5. The van der Waals surface area contributed by atoms with Crippen LogP contribution >= 0.6 is 8.25 Å². The van der Waals surface area contributed by atoms with Crippen molar-refractivity contribution in [1.82, 2.24) is 0 Å². The average molecular weight is 806 g/mol. The summed E-state index contributed by atoms with van der Waals surface area (Å²) in [6.07, 6.45) is -24.6. The molecule has 0 aliphatic carbocycles. The molecule has 0 rings (SSSR count). The second-order valence-electron chi connectivity index (χ2n) is 8.91. The third-order valence-corrected chi connectivity index (χ3v) is 6.05. The highest BCUT2D eigenvalue weighted by molar-refractivity contribution is 7.30. The Morgan fingerprint density at radius 3 is 0.917 bits per heavy atom. The largest absolute Gasteiger partial charge is 0.566 e. The van der Waals surface area contributed by atoms with Crippen LogP contribution in [0.3, 0.4) is 0 Å². The van der Waals surface area contributed by atoms with Crippen LogP contribution < -0.4 is 4.89 Å². The van der Waals surface area contributed by atoms with Gasteiger partial charge in [0.05, 0.1) is 6.10 Å². The summed E-state index contributed by atoms with van der Waals surface area (Å²) in [4.78, 5) is 10.0. The zero-order valence-electron chi connectivity index (χ0n) is 20.8. The van der Waals surface area contributed by atoms with Crippen LogP contribution in [-0.4, -0.2) is 95.1 Å². The van der Waals surface area contributed by atoms with Crippen LogP contribution in [0.4, 0.5) is 119 Å². The first-order chi connectivity index (χ1) is 20.3. The zero-order valence-corrected chi connectivity index (χ0v) is 21.7. The summed E-state index contributed by atoms with van der Waals surface area (Å²) in [6, 6.07) is 0. The Balaban J connectivity index is 7.39. The first kappa shape index (κ1) is 46.1. The van der Waals surface area contributed by atoms with Gasteiger partial charge in [-0.25, -0.2) is 4.39 Å². The predicted octanol–water partition coefficient (Wildman–Crippen LogP) is 7.96. The van der Waals surface area contributed by atoms with Crippen molar-refractivity contribution in [2.45, 2.75) is 89.8 Å². The highest BCUT2D eigenvalue weighted by atomic mass is 31.1. The molecule has 0 aromatic heterocycles. The number of rotatable bonds is 15. The van der Waals surface area contributed by atoms with Crippen molar-refractivity contribution in [3.8, 4) is 0 Å². The Morgan fingerprint density at radius 1 is 0.458 bits per heavy atom. The number of halogens is 27. The van der Waals surface area contributed by atoms with Crippen molar-refractivity contribution < 1.29 is 138 Å². The van der Waals surface area contributed by atoms with Crippen LogP contribution in [0.5, 0.6) is 0 Å². The molecule has 0 aliphatic rings. The molecule has 2 unspecified atom stereocenters. The van der Waals surface area contributed by atoms with E-state index in [0.29, 0.717) is 0 Å². The minimum absolute atomic E-state index is 2.20. The van der Waals surface area contributed by atoms with E-state index in [1.54, 1.807) is 0 Å². The van der Waals surface area contributed by atoms with Crippen LogP contribution in [0.2, 0.25) is 0 Å². The van der Waals surface area contributed by atoms with Gasteiger partial charge in [-0.1, -0.05) is 0 Å². The monoisotopic (exact) mass is 806 g/mol. The lowest BCUT2D eigenvalue weighted by Crippen LogP contribution is -2.79.